The van der Waals surface area contributed by atoms with Gasteiger partial charge in [0.25, 0.3) is 10.1 Å². The van der Waals surface area contributed by atoms with Gasteiger partial charge in [0, 0.05) is 17.8 Å². The van der Waals surface area contributed by atoms with Gasteiger partial charge in [-0.3, -0.25) is 4.55 Å². The van der Waals surface area contributed by atoms with Crippen molar-refractivity contribution in [3.63, 3.8) is 0 Å². The van der Waals surface area contributed by atoms with Crippen molar-refractivity contribution in [1.29, 1.82) is 0 Å². The Morgan fingerprint density at radius 1 is 0.812 bits per heavy atom. The first kappa shape index (κ1) is 20.0. The van der Waals surface area contributed by atoms with Gasteiger partial charge >= 0.3 is 0 Å². The first-order chi connectivity index (χ1) is 15.5. The van der Waals surface area contributed by atoms with Crippen LogP contribution in [-0.2, 0) is 23.0 Å². The summed E-state index contributed by atoms with van der Waals surface area (Å²) in [6, 6.07) is 20.8. The SMILES string of the molecule is O=S(=O)(O)c1ccc(OCC2CC3c4ccccc4C2c2ccccc23)c2c1CCCC2. The van der Waals surface area contributed by atoms with Crippen molar-refractivity contribution in [3.05, 3.63) is 94.0 Å². The molecule has 164 valence electrons. The van der Waals surface area contributed by atoms with Crippen molar-refractivity contribution in [3.8, 4) is 5.75 Å². The number of rotatable bonds is 4. The monoisotopic (exact) mass is 446 g/mol. The topological polar surface area (TPSA) is 63.6 Å². The van der Waals surface area contributed by atoms with Crippen LogP contribution in [0.1, 0.15) is 64.5 Å². The van der Waals surface area contributed by atoms with Crippen molar-refractivity contribution in [2.24, 2.45) is 5.92 Å². The lowest BCUT2D eigenvalue weighted by atomic mass is 9.59. The van der Waals surface area contributed by atoms with E-state index in [1.165, 1.54) is 28.3 Å². The molecule has 1 atom stereocenters. The number of hydrogen-bond donors (Lipinski definition) is 1. The van der Waals surface area contributed by atoms with Gasteiger partial charge in [-0.2, -0.15) is 8.42 Å². The van der Waals surface area contributed by atoms with E-state index in [0.29, 0.717) is 30.8 Å². The van der Waals surface area contributed by atoms with E-state index >= 15 is 0 Å². The van der Waals surface area contributed by atoms with Crippen LogP contribution in [0.15, 0.2) is 65.6 Å². The van der Waals surface area contributed by atoms with Crippen LogP contribution in [0.3, 0.4) is 0 Å². The van der Waals surface area contributed by atoms with Gasteiger partial charge in [0.2, 0.25) is 0 Å². The van der Waals surface area contributed by atoms with Crippen LogP contribution in [0.2, 0.25) is 0 Å². The molecule has 0 aromatic heterocycles. The zero-order valence-electron chi connectivity index (χ0n) is 17.8. The Hall–Kier alpha value is -2.63. The van der Waals surface area contributed by atoms with Gasteiger partial charge in [-0.1, -0.05) is 48.5 Å². The molecule has 0 fully saturated rings. The Bertz CT molecular complexity index is 1260. The molecule has 7 rings (SSSR count). The third kappa shape index (κ3) is 3.10. The van der Waals surface area contributed by atoms with Crippen molar-refractivity contribution in [2.45, 2.75) is 48.8 Å². The van der Waals surface area contributed by atoms with Crippen LogP contribution < -0.4 is 4.74 Å². The molecule has 0 heterocycles. The summed E-state index contributed by atoms with van der Waals surface area (Å²) in [5.74, 6) is 1.86. The highest BCUT2D eigenvalue weighted by Gasteiger charge is 2.43. The minimum atomic E-state index is -4.23. The number of fused-ring (bicyclic) bond motifs is 2. The Labute approximate surface area is 189 Å². The van der Waals surface area contributed by atoms with Crippen LogP contribution in [0.5, 0.6) is 5.75 Å². The Morgan fingerprint density at radius 3 is 2.03 bits per heavy atom. The predicted octanol–water partition coefficient (Wildman–Crippen LogP) is 5.49. The second kappa shape index (κ2) is 7.46. The molecular formula is C27H26O4S. The molecular weight excluding hydrogens is 420 g/mol. The lowest BCUT2D eigenvalue weighted by Gasteiger charge is -2.45. The Morgan fingerprint density at radius 2 is 1.41 bits per heavy atom. The fourth-order valence-corrected chi connectivity index (χ4v) is 7.07. The summed E-state index contributed by atoms with van der Waals surface area (Å²) in [5.41, 5.74) is 7.41. The first-order valence-corrected chi connectivity index (χ1v) is 12.9. The molecule has 1 N–H and O–H groups in total. The maximum Gasteiger partial charge on any atom is 0.294 e. The second-order valence-electron chi connectivity index (χ2n) is 9.30. The molecule has 3 aromatic rings. The minimum Gasteiger partial charge on any atom is -0.493 e. The summed E-state index contributed by atoms with van der Waals surface area (Å²) >= 11 is 0. The third-order valence-electron chi connectivity index (χ3n) is 7.60. The zero-order chi connectivity index (χ0) is 21.9. The number of ether oxygens (including phenoxy) is 1. The standard InChI is InChI=1S/C27H26O4S/c28-32(29,30)26-14-13-25(20-9-3-4-10-21(20)26)31-16-17-15-24-18-7-1-5-11-22(18)27(17)23-12-6-2-8-19(23)24/h1-2,5-8,11-14,17,24,27H,3-4,9-10,15-16H2,(H,28,29,30). The van der Waals surface area contributed by atoms with E-state index in [1.54, 1.807) is 6.07 Å². The predicted molar refractivity (Wildman–Crippen MR) is 123 cm³/mol. The lowest BCUT2D eigenvalue weighted by Crippen LogP contribution is -2.35. The van der Waals surface area contributed by atoms with Gasteiger partial charge in [0.05, 0.1) is 11.5 Å². The Balaban J connectivity index is 1.34. The molecule has 5 heteroatoms. The van der Waals surface area contributed by atoms with E-state index in [4.69, 9.17) is 4.74 Å². The van der Waals surface area contributed by atoms with Crippen molar-refractivity contribution in [2.75, 3.05) is 6.61 Å². The van der Waals surface area contributed by atoms with E-state index in [0.717, 1.165) is 42.6 Å². The van der Waals surface area contributed by atoms with Gasteiger partial charge in [0.15, 0.2) is 0 Å². The molecule has 4 nitrogen and oxygen atoms in total. The van der Waals surface area contributed by atoms with E-state index in [9.17, 15) is 13.0 Å². The lowest BCUT2D eigenvalue weighted by molar-refractivity contribution is 0.202. The smallest absolute Gasteiger partial charge is 0.294 e. The Kier molecular flexibility index (Phi) is 4.67. The normalized spacial score (nSPS) is 23.2. The molecule has 0 saturated heterocycles. The van der Waals surface area contributed by atoms with Gasteiger partial charge in [-0.15, -0.1) is 0 Å². The average Bonchev–Trinajstić information content (AvgIpc) is 2.82. The van der Waals surface area contributed by atoms with Gasteiger partial charge in [-0.05, 0) is 77.6 Å². The van der Waals surface area contributed by atoms with Crippen LogP contribution in [0, 0.1) is 5.92 Å². The molecule has 0 spiro atoms. The van der Waals surface area contributed by atoms with Crippen LogP contribution in [-0.4, -0.2) is 19.6 Å². The van der Waals surface area contributed by atoms with Crippen molar-refractivity contribution in [1.82, 2.24) is 0 Å². The highest BCUT2D eigenvalue weighted by Crippen LogP contribution is 2.55. The summed E-state index contributed by atoms with van der Waals surface area (Å²) in [5, 5.41) is 0. The highest BCUT2D eigenvalue weighted by molar-refractivity contribution is 7.85. The summed E-state index contributed by atoms with van der Waals surface area (Å²) < 4.78 is 39.8. The van der Waals surface area contributed by atoms with Gasteiger partial charge in [0.1, 0.15) is 5.75 Å². The fraction of sp³-hybridized carbons (Fsp3) is 0.333. The first-order valence-electron chi connectivity index (χ1n) is 11.4. The van der Waals surface area contributed by atoms with E-state index in [1.807, 2.05) is 0 Å². The maximum atomic E-state index is 11.9. The van der Waals surface area contributed by atoms with Crippen LogP contribution >= 0.6 is 0 Å². The minimum absolute atomic E-state index is 0.0409. The third-order valence-corrected chi connectivity index (χ3v) is 8.54. The van der Waals surface area contributed by atoms with E-state index in [2.05, 4.69) is 48.5 Å². The van der Waals surface area contributed by atoms with E-state index < -0.39 is 10.1 Å². The van der Waals surface area contributed by atoms with Crippen LogP contribution in [0.4, 0.5) is 0 Å². The summed E-state index contributed by atoms with van der Waals surface area (Å²) in [4.78, 5) is 0.0409. The zero-order valence-corrected chi connectivity index (χ0v) is 18.6. The van der Waals surface area contributed by atoms with Crippen LogP contribution in [0.25, 0.3) is 0 Å². The molecule has 0 aliphatic heterocycles. The van der Waals surface area contributed by atoms with E-state index in [-0.39, 0.29) is 4.90 Å². The maximum absolute atomic E-state index is 11.9. The number of hydrogen-bond acceptors (Lipinski definition) is 3. The second-order valence-corrected chi connectivity index (χ2v) is 10.7. The van der Waals surface area contributed by atoms with Crippen molar-refractivity contribution >= 4 is 10.1 Å². The summed E-state index contributed by atoms with van der Waals surface area (Å²) in [6.45, 7) is 0.599. The molecule has 0 saturated carbocycles. The molecule has 0 radical (unpaired) electrons. The van der Waals surface area contributed by atoms with Crippen molar-refractivity contribution < 1.29 is 17.7 Å². The highest BCUT2D eigenvalue weighted by atomic mass is 32.2. The summed E-state index contributed by atoms with van der Waals surface area (Å²) in [6.07, 6.45) is 4.45. The molecule has 3 aromatic carbocycles. The molecule has 4 aliphatic rings. The largest absolute Gasteiger partial charge is 0.493 e. The average molecular weight is 447 g/mol. The molecule has 4 aliphatic carbocycles. The summed E-state index contributed by atoms with van der Waals surface area (Å²) in [7, 11) is -4.23. The quantitative estimate of drug-likeness (QED) is 0.539. The number of benzene rings is 3. The molecule has 1 unspecified atom stereocenters. The molecule has 2 bridgehead atoms. The van der Waals surface area contributed by atoms with Gasteiger partial charge in [-0.25, -0.2) is 0 Å². The fourth-order valence-electron chi connectivity index (χ4n) is 6.30. The molecule has 32 heavy (non-hydrogen) atoms. The van der Waals surface area contributed by atoms with Gasteiger partial charge < -0.3 is 4.74 Å². The molecule has 0 amide bonds.